The minimum Gasteiger partial charge on any atom is -0.465 e. The standard InChI is InChI=1S/C13H9N5O4/c1-22-13(19)8-4-7(5-9(6-8)18(20)21)10-2-3-11-12(14-10)16-17-15-11/h2-6H,1H3,(H,14,15,16,17). The third-order valence-electron chi connectivity index (χ3n) is 3.03. The Morgan fingerprint density at radius 2 is 2.09 bits per heavy atom. The average Bonchev–Trinajstić information content (AvgIpc) is 3.01. The third-order valence-corrected chi connectivity index (χ3v) is 3.03. The van der Waals surface area contributed by atoms with Gasteiger partial charge in [-0.15, -0.1) is 5.10 Å². The summed E-state index contributed by atoms with van der Waals surface area (Å²) in [5.41, 5.74) is 1.66. The molecule has 0 aliphatic rings. The Labute approximate surface area is 123 Å². The number of fused-ring (bicyclic) bond motifs is 1. The maximum absolute atomic E-state index is 11.7. The van der Waals surface area contributed by atoms with Gasteiger partial charge in [0.2, 0.25) is 5.65 Å². The zero-order chi connectivity index (χ0) is 15.7. The van der Waals surface area contributed by atoms with Crippen LogP contribution in [0.4, 0.5) is 5.69 Å². The van der Waals surface area contributed by atoms with Gasteiger partial charge in [-0.25, -0.2) is 9.78 Å². The highest BCUT2D eigenvalue weighted by molar-refractivity contribution is 5.92. The van der Waals surface area contributed by atoms with E-state index in [9.17, 15) is 14.9 Å². The van der Waals surface area contributed by atoms with E-state index in [2.05, 4.69) is 25.1 Å². The lowest BCUT2D eigenvalue weighted by atomic mass is 10.1. The van der Waals surface area contributed by atoms with E-state index in [-0.39, 0.29) is 11.3 Å². The lowest BCUT2D eigenvalue weighted by Gasteiger charge is -2.04. The van der Waals surface area contributed by atoms with Crippen molar-refractivity contribution in [2.45, 2.75) is 0 Å². The molecule has 0 atom stereocenters. The molecule has 0 saturated heterocycles. The highest BCUT2D eigenvalue weighted by Gasteiger charge is 2.16. The molecule has 22 heavy (non-hydrogen) atoms. The number of carbonyl (C=O) groups is 1. The first-order chi connectivity index (χ1) is 10.6. The van der Waals surface area contributed by atoms with Gasteiger partial charge in [-0.05, 0) is 18.2 Å². The summed E-state index contributed by atoms with van der Waals surface area (Å²) in [6.45, 7) is 0. The Morgan fingerprint density at radius 3 is 2.82 bits per heavy atom. The van der Waals surface area contributed by atoms with Gasteiger partial charge in [0, 0.05) is 17.7 Å². The second-order valence-electron chi connectivity index (χ2n) is 4.38. The van der Waals surface area contributed by atoms with E-state index in [0.29, 0.717) is 22.4 Å². The minimum atomic E-state index is -0.660. The van der Waals surface area contributed by atoms with Crippen LogP contribution in [0.5, 0.6) is 0 Å². The van der Waals surface area contributed by atoms with Gasteiger partial charge in [-0.2, -0.15) is 10.3 Å². The number of carbonyl (C=O) groups excluding carboxylic acids is 1. The van der Waals surface area contributed by atoms with Gasteiger partial charge in [-0.3, -0.25) is 10.1 Å². The summed E-state index contributed by atoms with van der Waals surface area (Å²) >= 11 is 0. The van der Waals surface area contributed by atoms with Crippen LogP contribution in [0.25, 0.3) is 22.4 Å². The van der Waals surface area contributed by atoms with Crippen LogP contribution in [-0.2, 0) is 4.74 Å². The van der Waals surface area contributed by atoms with E-state index in [1.165, 1.54) is 19.2 Å². The zero-order valence-electron chi connectivity index (χ0n) is 11.3. The van der Waals surface area contributed by atoms with E-state index in [0.717, 1.165) is 6.07 Å². The summed E-state index contributed by atoms with van der Waals surface area (Å²) in [4.78, 5) is 26.3. The van der Waals surface area contributed by atoms with Crippen molar-refractivity contribution in [3.05, 3.63) is 46.0 Å². The Kier molecular flexibility index (Phi) is 3.22. The van der Waals surface area contributed by atoms with Gasteiger partial charge in [0.25, 0.3) is 5.69 Å². The number of aromatic amines is 1. The zero-order valence-corrected chi connectivity index (χ0v) is 11.3. The molecular formula is C13H9N5O4. The molecule has 1 N–H and O–H groups in total. The van der Waals surface area contributed by atoms with Crippen LogP contribution < -0.4 is 0 Å². The first-order valence-electron chi connectivity index (χ1n) is 6.14. The Balaban J connectivity index is 2.17. The van der Waals surface area contributed by atoms with Crippen molar-refractivity contribution in [2.24, 2.45) is 0 Å². The maximum atomic E-state index is 11.7. The lowest BCUT2D eigenvalue weighted by Crippen LogP contribution is -2.03. The molecule has 0 aliphatic heterocycles. The molecule has 0 bridgehead atoms. The molecule has 9 heteroatoms. The molecule has 0 saturated carbocycles. The lowest BCUT2D eigenvalue weighted by molar-refractivity contribution is -0.384. The van der Waals surface area contributed by atoms with Crippen LogP contribution in [0, 0.1) is 10.1 Å². The number of rotatable bonds is 3. The van der Waals surface area contributed by atoms with E-state index in [1.54, 1.807) is 12.1 Å². The first kappa shape index (κ1) is 13.6. The molecule has 0 aliphatic carbocycles. The summed E-state index contributed by atoms with van der Waals surface area (Å²) in [6, 6.07) is 7.29. The number of nitrogens with zero attached hydrogens (tertiary/aromatic N) is 4. The number of nitrogens with one attached hydrogen (secondary N) is 1. The number of aromatic nitrogens is 4. The highest BCUT2D eigenvalue weighted by Crippen LogP contribution is 2.26. The Morgan fingerprint density at radius 1 is 1.27 bits per heavy atom. The van der Waals surface area contributed by atoms with Gasteiger partial charge < -0.3 is 4.74 Å². The van der Waals surface area contributed by atoms with Gasteiger partial charge in [0.1, 0.15) is 5.52 Å². The molecule has 110 valence electrons. The SMILES string of the molecule is COC(=O)c1cc(-c2ccc3n[nH]nc3n2)cc([N+](=O)[O-])c1. The maximum Gasteiger partial charge on any atom is 0.338 e. The molecule has 1 aromatic carbocycles. The van der Waals surface area contributed by atoms with Crippen LogP contribution in [0.15, 0.2) is 30.3 Å². The van der Waals surface area contributed by atoms with Gasteiger partial charge in [0.05, 0.1) is 23.3 Å². The van der Waals surface area contributed by atoms with Crippen LogP contribution in [0.1, 0.15) is 10.4 Å². The molecule has 9 nitrogen and oxygen atoms in total. The first-order valence-corrected chi connectivity index (χ1v) is 6.14. The topological polar surface area (TPSA) is 124 Å². The highest BCUT2D eigenvalue weighted by atomic mass is 16.6. The Bertz CT molecular complexity index is 889. The minimum absolute atomic E-state index is 0.0775. The smallest absolute Gasteiger partial charge is 0.338 e. The molecule has 0 unspecified atom stereocenters. The molecule has 0 radical (unpaired) electrons. The Hall–Kier alpha value is -3.36. The molecule has 2 aromatic heterocycles. The average molecular weight is 299 g/mol. The fraction of sp³-hybridized carbons (Fsp3) is 0.0769. The van der Waals surface area contributed by atoms with Crippen molar-refractivity contribution < 1.29 is 14.5 Å². The molecule has 3 aromatic rings. The van der Waals surface area contributed by atoms with Gasteiger partial charge >= 0.3 is 5.97 Å². The van der Waals surface area contributed by atoms with Crippen LogP contribution in [0.2, 0.25) is 0 Å². The van der Waals surface area contributed by atoms with E-state index >= 15 is 0 Å². The van der Waals surface area contributed by atoms with E-state index in [4.69, 9.17) is 0 Å². The van der Waals surface area contributed by atoms with E-state index < -0.39 is 10.9 Å². The number of benzene rings is 1. The summed E-state index contributed by atoms with van der Waals surface area (Å²) < 4.78 is 4.61. The van der Waals surface area contributed by atoms with Crippen molar-refractivity contribution in [1.82, 2.24) is 20.4 Å². The van der Waals surface area contributed by atoms with Crippen molar-refractivity contribution in [3.63, 3.8) is 0 Å². The molecule has 2 heterocycles. The quantitative estimate of drug-likeness (QED) is 0.443. The van der Waals surface area contributed by atoms with Crippen molar-refractivity contribution >= 4 is 22.8 Å². The molecule has 0 spiro atoms. The second-order valence-corrected chi connectivity index (χ2v) is 4.38. The second kappa shape index (κ2) is 5.20. The van der Waals surface area contributed by atoms with Crippen molar-refractivity contribution in [3.8, 4) is 11.3 Å². The number of methoxy groups -OCH3 is 1. The number of nitro groups is 1. The fourth-order valence-electron chi connectivity index (χ4n) is 2.00. The molecule has 0 amide bonds. The predicted octanol–water partition coefficient (Wildman–Crippen LogP) is 1.71. The summed E-state index contributed by atoms with van der Waals surface area (Å²) in [6.07, 6.45) is 0. The normalized spacial score (nSPS) is 10.6. The molecule has 3 rings (SSSR count). The number of esters is 1. The number of hydrogen-bond donors (Lipinski definition) is 1. The monoisotopic (exact) mass is 299 g/mol. The number of hydrogen-bond acceptors (Lipinski definition) is 7. The third kappa shape index (κ3) is 2.35. The largest absolute Gasteiger partial charge is 0.465 e. The number of ether oxygens (including phenoxy) is 1. The summed E-state index contributed by atoms with van der Waals surface area (Å²) in [7, 11) is 1.21. The number of nitro benzene ring substituents is 1. The van der Waals surface area contributed by atoms with Crippen molar-refractivity contribution in [1.29, 1.82) is 0 Å². The van der Waals surface area contributed by atoms with Crippen LogP contribution in [-0.4, -0.2) is 38.4 Å². The van der Waals surface area contributed by atoms with Crippen molar-refractivity contribution in [2.75, 3.05) is 7.11 Å². The molecule has 0 fully saturated rings. The predicted molar refractivity (Wildman–Crippen MR) is 75.1 cm³/mol. The number of non-ortho nitro benzene ring substituents is 1. The number of pyridine rings is 1. The van der Waals surface area contributed by atoms with Crippen LogP contribution in [0.3, 0.4) is 0 Å². The molecular weight excluding hydrogens is 290 g/mol. The summed E-state index contributed by atoms with van der Waals surface area (Å²) in [5, 5.41) is 21.2. The number of H-pyrrole nitrogens is 1. The van der Waals surface area contributed by atoms with Crippen LogP contribution >= 0.6 is 0 Å². The van der Waals surface area contributed by atoms with Gasteiger partial charge in [-0.1, -0.05) is 0 Å². The fourth-order valence-corrected chi connectivity index (χ4v) is 2.00. The van der Waals surface area contributed by atoms with Gasteiger partial charge in [0.15, 0.2) is 0 Å². The van der Waals surface area contributed by atoms with E-state index in [1.807, 2.05) is 0 Å². The summed E-state index contributed by atoms with van der Waals surface area (Å²) in [5.74, 6) is -0.660.